The summed E-state index contributed by atoms with van der Waals surface area (Å²) in [5.41, 5.74) is 5.26. The van der Waals surface area contributed by atoms with E-state index in [2.05, 4.69) is 5.32 Å². The first kappa shape index (κ1) is 13.9. The number of hydrogen-bond acceptors (Lipinski definition) is 3. The first-order valence-corrected chi connectivity index (χ1v) is 5.11. The minimum Gasteiger partial charge on any atom is -0.368 e. The minimum absolute atomic E-state index is 0.0334. The number of primary amides is 1. The number of rotatable bonds is 6. The normalized spacial score (nSPS) is 12.6. The Bertz CT molecular complexity index is 229. The Kier molecular flexibility index (Phi) is 5.93. The molecule has 0 bridgehead atoms. The summed E-state index contributed by atoms with van der Waals surface area (Å²) < 4.78 is 0. The molecule has 0 saturated carbocycles. The molecule has 0 radical (unpaired) electrons. The topological polar surface area (TPSA) is 75.4 Å². The number of nitrogens with two attached hydrogens (primary N) is 1. The van der Waals surface area contributed by atoms with Gasteiger partial charge in [-0.1, -0.05) is 13.8 Å². The van der Waals surface area contributed by atoms with Crippen molar-refractivity contribution in [2.45, 2.75) is 26.3 Å². The Morgan fingerprint density at radius 3 is 2.27 bits per heavy atom. The zero-order valence-electron chi connectivity index (χ0n) is 9.91. The summed E-state index contributed by atoms with van der Waals surface area (Å²) in [6, 6.07) is -0.519. The first-order valence-electron chi connectivity index (χ1n) is 5.11. The van der Waals surface area contributed by atoms with Crippen LogP contribution in [0.3, 0.4) is 0 Å². The van der Waals surface area contributed by atoms with E-state index in [0.717, 1.165) is 0 Å². The van der Waals surface area contributed by atoms with Crippen LogP contribution in [-0.2, 0) is 9.59 Å². The fraction of sp³-hybridized carbons (Fsp3) is 0.800. The van der Waals surface area contributed by atoms with Crippen molar-refractivity contribution < 1.29 is 9.59 Å². The lowest BCUT2D eigenvalue weighted by molar-refractivity contribution is -0.139. The van der Waals surface area contributed by atoms with E-state index in [1.54, 1.807) is 14.1 Å². The fourth-order valence-corrected chi connectivity index (χ4v) is 1.53. The van der Waals surface area contributed by atoms with Gasteiger partial charge in [0, 0.05) is 20.0 Å². The van der Waals surface area contributed by atoms with E-state index in [4.69, 9.17) is 5.73 Å². The van der Waals surface area contributed by atoms with Crippen LogP contribution in [0, 0.1) is 5.92 Å². The molecule has 0 rings (SSSR count). The van der Waals surface area contributed by atoms with E-state index in [9.17, 15) is 9.59 Å². The Labute approximate surface area is 91.0 Å². The van der Waals surface area contributed by atoms with Crippen LogP contribution in [0.5, 0.6) is 0 Å². The number of carbonyl (C=O) groups is 2. The summed E-state index contributed by atoms with van der Waals surface area (Å²) in [4.78, 5) is 24.2. The van der Waals surface area contributed by atoms with Gasteiger partial charge in [0.2, 0.25) is 11.8 Å². The number of amides is 2. The second-order valence-corrected chi connectivity index (χ2v) is 3.95. The lowest BCUT2D eigenvalue weighted by Crippen LogP contribution is -2.49. The molecule has 3 N–H and O–H groups in total. The van der Waals surface area contributed by atoms with Crippen molar-refractivity contribution >= 4 is 11.8 Å². The largest absolute Gasteiger partial charge is 0.368 e. The monoisotopic (exact) mass is 215 g/mol. The van der Waals surface area contributed by atoms with Gasteiger partial charge in [0.15, 0.2) is 0 Å². The molecule has 0 aliphatic heterocycles. The standard InChI is InChI=1S/C10H21N3O2/c1-7(2)9(10(11)15)13(4)8(14)5-6-12-3/h7,9,12H,5-6H2,1-4H3,(H2,11,15). The molecule has 0 aliphatic carbocycles. The molecule has 5 heteroatoms. The van der Waals surface area contributed by atoms with Crippen molar-refractivity contribution in [1.82, 2.24) is 10.2 Å². The van der Waals surface area contributed by atoms with Crippen LogP contribution in [0.25, 0.3) is 0 Å². The maximum absolute atomic E-state index is 11.6. The van der Waals surface area contributed by atoms with Crippen molar-refractivity contribution in [3.8, 4) is 0 Å². The van der Waals surface area contributed by atoms with Crippen LogP contribution >= 0.6 is 0 Å². The Balaban J connectivity index is 4.43. The summed E-state index contributed by atoms with van der Waals surface area (Å²) in [6.45, 7) is 4.35. The quantitative estimate of drug-likeness (QED) is 0.631. The highest BCUT2D eigenvalue weighted by atomic mass is 16.2. The molecule has 1 unspecified atom stereocenters. The second-order valence-electron chi connectivity index (χ2n) is 3.95. The van der Waals surface area contributed by atoms with Crippen LogP contribution in [0.1, 0.15) is 20.3 Å². The van der Waals surface area contributed by atoms with Crippen molar-refractivity contribution in [1.29, 1.82) is 0 Å². The van der Waals surface area contributed by atoms with Gasteiger partial charge in [-0.05, 0) is 13.0 Å². The van der Waals surface area contributed by atoms with E-state index in [0.29, 0.717) is 13.0 Å². The zero-order valence-corrected chi connectivity index (χ0v) is 9.91. The molecular formula is C10H21N3O2. The van der Waals surface area contributed by atoms with Gasteiger partial charge in [0.1, 0.15) is 6.04 Å². The van der Waals surface area contributed by atoms with Gasteiger partial charge in [-0.3, -0.25) is 9.59 Å². The Morgan fingerprint density at radius 1 is 1.40 bits per heavy atom. The molecule has 5 nitrogen and oxygen atoms in total. The first-order chi connectivity index (χ1) is 6.91. The van der Waals surface area contributed by atoms with Crippen LogP contribution in [0.15, 0.2) is 0 Å². The zero-order chi connectivity index (χ0) is 12.0. The molecule has 0 spiro atoms. The van der Waals surface area contributed by atoms with Crippen molar-refractivity contribution in [2.75, 3.05) is 20.6 Å². The molecule has 0 fully saturated rings. The summed E-state index contributed by atoms with van der Waals surface area (Å²) >= 11 is 0. The maximum Gasteiger partial charge on any atom is 0.240 e. The SMILES string of the molecule is CNCCC(=O)N(C)C(C(N)=O)C(C)C. The molecule has 0 aromatic carbocycles. The molecule has 0 aromatic heterocycles. The van der Waals surface area contributed by atoms with Crippen LogP contribution < -0.4 is 11.1 Å². The molecule has 2 amide bonds. The molecule has 88 valence electrons. The third kappa shape index (κ3) is 4.29. The average Bonchev–Trinajstić information content (AvgIpc) is 2.12. The van der Waals surface area contributed by atoms with Crippen LogP contribution in [0.4, 0.5) is 0 Å². The molecule has 0 aromatic rings. The highest BCUT2D eigenvalue weighted by molar-refractivity contribution is 5.86. The van der Waals surface area contributed by atoms with Gasteiger partial charge in [0.05, 0.1) is 0 Å². The van der Waals surface area contributed by atoms with Gasteiger partial charge in [-0.2, -0.15) is 0 Å². The summed E-state index contributed by atoms with van der Waals surface area (Å²) in [6.07, 6.45) is 0.378. The molecule has 1 atom stereocenters. The number of nitrogens with one attached hydrogen (secondary N) is 1. The molecule has 15 heavy (non-hydrogen) atoms. The minimum atomic E-state index is -0.519. The number of likely N-dealkylation sites (N-methyl/N-ethyl adjacent to an activating group) is 1. The lowest BCUT2D eigenvalue weighted by Gasteiger charge is -2.28. The third-order valence-corrected chi connectivity index (χ3v) is 2.32. The summed E-state index contributed by atoms with van der Waals surface area (Å²) in [5.74, 6) is -0.488. The lowest BCUT2D eigenvalue weighted by atomic mass is 10.0. The van der Waals surface area contributed by atoms with Crippen LogP contribution in [0.2, 0.25) is 0 Å². The summed E-state index contributed by atoms with van der Waals surface area (Å²) in [5, 5.41) is 2.89. The third-order valence-electron chi connectivity index (χ3n) is 2.32. The van der Waals surface area contributed by atoms with E-state index in [-0.39, 0.29) is 11.8 Å². The van der Waals surface area contributed by atoms with E-state index < -0.39 is 11.9 Å². The number of nitrogens with zero attached hydrogens (tertiary/aromatic N) is 1. The highest BCUT2D eigenvalue weighted by Gasteiger charge is 2.27. The highest BCUT2D eigenvalue weighted by Crippen LogP contribution is 2.09. The Morgan fingerprint density at radius 2 is 1.93 bits per heavy atom. The van der Waals surface area contributed by atoms with E-state index in [1.807, 2.05) is 13.8 Å². The van der Waals surface area contributed by atoms with Gasteiger partial charge in [0.25, 0.3) is 0 Å². The predicted octanol–water partition coefficient (Wildman–Crippen LogP) is -0.436. The van der Waals surface area contributed by atoms with E-state index >= 15 is 0 Å². The molecule has 0 heterocycles. The molecule has 0 saturated heterocycles. The van der Waals surface area contributed by atoms with Gasteiger partial charge >= 0.3 is 0 Å². The predicted molar refractivity (Wildman–Crippen MR) is 59.1 cm³/mol. The summed E-state index contributed by atoms with van der Waals surface area (Å²) in [7, 11) is 3.40. The average molecular weight is 215 g/mol. The molecule has 0 aliphatic rings. The van der Waals surface area contributed by atoms with E-state index in [1.165, 1.54) is 4.90 Å². The molecular weight excluding hydrogens is 194 g/mol. The smallest absolute Gasteiger partial charge is 0.240 e. The van der Waals surface area contributed by atoms with Crippen molar-refractivity contribution in [3.63, 3.8) is 0 Å². The second kappa shape index (κ2) is 6.40. The van der Waals surface area contributed by atoms with Crippen molar-refractivity contribution in [2.24, 2.45) is 11.7 Å². The van der Waals surface area contributed by atoms with Crippen LogP contribution in [-0.4, -0.2) is 43.4 Å². The number of carbonyl (C=O) groups excluding carboxylic acids is 2. The Hall–Kier alpha value is -1.10. The van der Waals surface area contributed by atoms with Gasteiger partial charge in [-0.15, -0.1) is 0 Å². The van der Waals surface area contributed by atoms with Crippen molar-refractivity contribution in [3.05, 3.63) is 0 Å². The van der Waals surface area contributed by atoms with Gasteiger partial charge in [-0.25, -0.2) is 0 Å². The maximum atomic E-state index is 11.6. The fourth-order valence-electron chi connectivity index (χ4n) is 1.53. The number of hydrogen-bond donors (Lipinski definition) is 2. The van der Waals surface area contributed by atoms with Gasteiger partial charge < -0.3 is 16.0 Å².